The fourth-order valence-corrected chi connectivity index (χ4v) is 2.98. The molecular formula is C18H22N2O2S. The van der Waals surface area contributed by atoms with Gasteiger partial charge in [-0.15, -0.1) is 0 Å². The van der Waals surface area contributed by atoms with Gasteiger partial charge in [0.15, 0.2) is 0 Å². The lowest BCUT2D eigenvalue weighted by atomic mass is 10.0. The van der Waals surface area contributed by atoms with Crippen LogP contribution in [0.25, 0.3) is 11.1 Å². The molecule has 0 aliphatic rings. The first kappa shape index (κ1) is 17.4. The minimum Gasteiger partial charge on any atom is -0.387 e. The highest BCUT2D eigenvalue weighted by Gasteiger charge is 2.20. The molecule has 2 aromatic carbocycles. The van der Waals surface area contributed by atoms with Crippen molar-refractivity contribution < 1.29 is 9.90 Å². The molecule has 2 amide bonds. The quantitative estimate of drug-likeness (QED) is 0.758. The molecule has 1 unspecified atom stereocenters. The molecule has 0 bridgehead atoms. The molecule has 3 N–H and O–H groups in total. The van der Waals surface area contributed by atoms with Gasteiger partial charge in [0.05, 0.1) is 11.3 Å². The van der Waals surface area contributed by atoms with Crippen molar-refractivity contribution in [3.05, 3.63) is 54.6 Å². The summed E-state index contributed by atoms with van der Waals surface area (Å²) in [6, 6.07) is 17.2. The van der Waals surface area contributed by atoms with Gasteiger partial charge in [0.2, 0.25) is 0 Å². The summed E-state index contributed by atoms with van der Waals surface area (Å²) in [5, 5.41) is 15.7. The van der Waals surface area contributed by atoms with E-state index in [1.54, 1.807) is 18.7 Å². The molecule has 0 saturated carbocycles. The van der Waals surface area contributed by atoms with Crippen LogP contribution >= 0.6 is 11.8 Å². The molecule has 0 aliphatic heterocycles. The van der Waals surface area contributed by atoms with E-state index in [-0.39, 0.29) is 12.6 Å². The minimum absolute atomic E-state index is 0.202. The Hall–Kier alpha value is -1.98. The number of benzene rings is 2. The summed E-state index contributed by atoms with van der Waals surface area (Å²) in [7, 11) is 0. The summed E-state index contributed by atoms with van der Waals surface area (Å²) in [4.78, 5) is 12.1. The Morgan fingerprint density at radius 1 is 1.13 bits per heavy atom. The zero-order valence-electron chi connectivity index (χ0n) is 13.4. The molecule has 2 aromatic rings. The molecule has 0 fully saturated rings. The van der Waals surface area contributed by atoms with E-state index in [0.717, 1.165) is 16.8 Å². The lowest BCUT2D eigenvalue weighted by molar-refractivity contribution is 0.0876. The van der Waals surface area contributed by atoms with Crippen molar-refractivity contribution in [1.82, 2.24) is 5.32 Å². The number of anilines is 1. The number of thioether (sulfide) groups is 1. The van der Waals surface area contributed by atoms with Crippen molar-refractivity contribution in [3.63, 3.8) is 0 Å². The molecule has 0 aliphatic carbocycles. The van der Waals surface area contributed by atoms with Gasteiger partial charge in [0, 0.05) is 17.9 Å². The maximum atomic E-state index is 12.1. The predicted molar refractivity (Wildman–Crippen MR) is 97.9 cm³/mol. The fourth-order valence-electron chi connectivity index (χ4n) is 2.26. The fraction of sp³-hybridized carbons (Fsp3) is 0.278. The Bertz CT molecular complexity index is 644. The van der Waals surface area contributed by atoms with Crippen LogP contribution in [0.3, 0.4) is 0 Å². The summed E-state index contributed by atoms with van der Waals surface area (Å²) < 4.78 is 0. The minimum atomic E-state index is -0.921. The summed E-state index contributed by atoms with van der Waals surface area (Å²) in [6.07, 6.45) is 1.92. The molecule has 122 valence electrons. The van der Waals surface area contributed by atoms with Crippen LogP contribution in [-0.2, 0) is 0 Å². The van der Waals surface area contributed by atoms with Crippen molar-refractivity contribution >= 4 is 23.5 Å². The Balaban J connectivity index is 2.05. The van der Waals surface area contributed by atoms with Crippen LogP contribution in [0.2, 0.25) is 0 Å². The molecule has 0 saturated heterocycles. The van der Waals surface area contributed by atoms with E-state index in [1.165, 1.54) is 0 Å². The molecular weight excluding hydrogens is 308 g/mol. The maximum Gasteiger partial charge on any atom is 0.319 e. The van der Waals surface area contributed by atoms with Crippen molar-refractivity contribution in [2.45, 2.75) is 12.5 Å². The number of para-hydroxylation sites is 1. The number of urea groups is 1. The first-order valence-corrected chi connectivity index (χ1v) is 8.82. The van der Waals surface area contributed by atoms with Crippen molar-refractivity contribution in [1.29, 1.82) is 0 Å². The maximum absolute atomic E-state index is 12.1. The standard InChI is InChI=1S/C18H22N2O2S/c1-18(22,13-23-2)12-19-17(21)20-16-11-7-6-10-15(16)14-8-4-3-5-9-14/h3-11,22H,12-13H2,1-2H3,(H2,19,20,21). The smallest absolute Gasteiger partial charge is 0.319 e. The zero-order valence-corrected chi connectivity index (χ0v) is 14.2. The number of amides is 2. The largest absolute Gasteiger partial charge is 0.387 e. The van der Waals surface area contributed by atoms with Crippen LogP contribution < -0.4 is 10.6 Å². The number of aliphatic hydroxyl groups is 1. The second-order valence-corrected chi connectivity index (χ2v) is 6.52. The second kappa shape index (κ2) is 8.04. The zero-order chi connectivity index (χ0) is 16.7. The van der Waals surface area contributed by atoms with Gasteiger partial charge >= 0.3 is 6.03 Å². The van der Waals surface area contributed by atoms with Crippen LogP contribution in [0.4, 0.5) is 10.5 Å². The number of carbonyl (C=O) groups excluding carboxylic acids is 1. The number of hydrogen-bond acceptors (Lipinski definition) is 3. The lowest BCUT2D eigenvalue weighted by Gasteiger charge is -2.22. The van der Waals surface area contributed by atoms with Gasteiger partial charge in [-0.2, -0.15) is 11.8 Å². The normalized spacial score (nSPS) is 13.2. The average Bonchev–Trinajstić information content (AvgIpc) is 2.54. The molecule has 4 nitrogen and oxygen atoms in total. The third-order valence-corrected chi connectivity index (χ3v) is 4.26. The van der Waals surface area contributed by atoms with E-state index in [1.807, 2.05) is 60.9 Å². The Kier molecular flexibility index (Phi) is 6.07. The van der Waals surface area contributed by atoms with Gasteiger partial charge in [0.25, 0.3) is 0 Å². The topological polar surface area (TPSA) is 61.4 Å². The third-order valence-electron chi connectivity index (χ3n) is 3.35. The van der Waals surface area contributed by atoms with Gasteiger partial charge in [-0.3, -0.25) is 0 Å². The van der Waals surface area contributed by atoms with Crippen molar-refractivity contribution in [2.75, 3.05) is 23.9 Å². The molecule has 23 heavy (non-hydrogen) atoms. The van der Waals surface area contributed by atoms with E-state index >= 15 is 0 Å². The number of hydrogen-bond donors (Lipinski definition) is 3. The summed E-state index contributed by atoms with van der Waals surface area (Å²) >= 11 is 1.54. The highest BCUT2D eigenvalue weighted by atomic mass is 32.2. The van der Waals surface area contributed by atoms with Crippen LogP contribution in [0, 0.1) is 0 Å². The monoisotopic (exact) mass is 330 g/mol. The van der Waals surface area contributed by atoms with E-state index < -0.39 is 5.60 Å². The van der Waals surface area contributed by atoms with Gasteiger partial charge in [-0.25, -0.2) is 4.79 Å². The second-order valence-electron chi connectivity index (χ2n) is 5.65. The van der Waals surface area contributed by atoms with E-state index in [2.05, 4.69) is 10.6 Å². The molecule has 5 heteroatoms. The van der Waals surface area contributed by atoms with Gasteiger partial charge < -0.3 is 15.7 Å². The average molecular weight is 330 g/mol. The molecule has 2 rings (SSSR count). The van der Waals surface area contributed by atoms with Crippen LogP contribution in [0.15, 0.2) is 54.6 Å². The molecule has 0 heterocycles. The van der Waals surface area contributed by atoms with E-state index in [4.69, 9.17) is 0 Å². The Morgan fingerprint density at radius 2 is 1.78 bits per heavy atom. The van der Waals surface area contributed by atoms with E-state index in [9.17, 15) is 9.90 Å². The van der Waals surface area contributed by atoms with Gasteiger partial charge in [-0.05, 0) is 24.8 Å². The Labute approximate surface area is 141 Å². The molecule has 1 atom stereocenters. The third kappa shape index (κ3) is 5.30. The number of carbonyl (C=O) groups is 1. The van der Waals surface area contributed by atoms with Crippen molar-refractivity contribution in [3.8, 4) is 11.1 Å². The predicted octanol–water partition coefficient (Wildman–Crippen LogP) is 3.59. The highest BCUT2D eigenvalue weighted by Crippen LogP contribution is 2.27. The van der Waals surface area contributed by atoms with Gasteiger partial charge in [-0.1, -0.05) is 48.5 Å². The SMILES string of the molecule is CSCC(C)(O)CNC(=O)Nc1ccccc1-c1ccccc1. The number of rotatable bonds is 6. The van der Waals surface area contributed by atoms with Crippen LogP contribution in [-0.4, -0.2) is 35.3 Å². The highest BCUT2D eigenvalue weighted by molar-refractivity contribution is 7.98. The summed E-state index contributed by atoms with van der Waals surface area (Å²) in [5.41, 5.74) is 1.81. The first-order valence-electron chi connectivity index (χ1n) is 7.42. The molecule has 0 aromatic heterocycles. The molecule has 0 radical (unpaired) electrons. The first-order chi connectivity index (χ1) is 11.0. The van der Waals surface area contributed by atoms with Crippen molar-refractivity contribution in [2.24, 2.45) is 0 Å². The molecule has 0 spiro atoms. The van der Waals surface area contributed by atoms with Gasteiger partial charge in [0.1, 0.15) is 0 Å². The lowest BCUT2D eigenvalue weighted by Crippen LogP contribution is -2.43. The van der Waals surface area contributed by atoms with Crippen LogP contribution in [0.5, 0.6) is 0 Å². The summed E-state index contributed by atoms with van der Waals surface area (Å²) in [5.74, 6) is 0.563. The Morgan fingerprint density at radius 3 is 2.48 bits per heavy atom. The summed E-state index contributed by atoms with van der Waals surface area (Å²) in [6.45, 7) is 1.91. The van der Waals surface area contributed by atoms with Crippen LogP contribution in [0.1, 0.15) is 6.92 Å². The number of nitrogens with one attached hydrogen (secondary N) is 2. The van der Waals surface area contributed by atoms with E-state index in [0.29, 0.717) is 5.75 Å².